The van der Waals surface area contributed by atoms with Gasteiger partial charge in [0.25, 0.3) is 5.91 Å². The Balaban J connectivity index is 1.68. The molecule has 5 nitrogen and oxygen atoms in total. The number of rotatable bonds is 4. The van der Waals surface area contributed by atoms with Crippen molar-refractivity contribution >= 4 is 33.8 Å². The lowest BCUT2D eigenvalue weighted by Crippen LogP contribution is -2.22. The van der Waals surface area contributed by atoms with Crippen LogP contribution in [0.4, 0.5) is 23.9 Å². The largest absolute Gasteiger partial charge is 0.497 e. The van der Waals surface area contributed by atoms with Crippen molar-refractivity contribution in [3.05, 3.63) is 75.7 Å². The third-order valence-corrected chi connectivity index (χ3v) is 6.56. The van der Waals surface area contributed by atoms with Gasteiger partial charge in [0.05, 0.1) is 22.6 Å². The normalized spacial score (nSPS) is 15.7. The van der Waals surface area contributed by atoms with Gasteiger partial charge < -0.3 is 15.4 Å². The number of carbonyl (C=O) groups excluding carboxylic acids is 2. The second-order valence-electron chi connectivity index (χ2n) is 7.41. The molecule has 0 unspecified atom stereocenters. The van der Waals surface area contributed by atoms with Crippen molar-refractivity contribution in [3.8, 4) is 5.75 Å². The summed E-state index contributed by atoms with van der Waals surface area (Å²) in [5.74, 6) is -0.304. The van der Waals surface area contributed by atoms with Gasteiger partial charge in [0.15, 0.2) is 0 Å². The van der Waals surface area contributed by atoms with Crippen LogP contribution in [0, 0.1) is 6.92 Å². The molecular formula is C23H19F3N2O3S. The van der Waals surface area contributed by atoms with E-state index in [4.69, 9.17) is 4.74 Å². The lowest BCUT2D eigenvalue weighted by molar-refractivity contribution is -0.137. The molecule has 1 atom stereocenters. The van der Waals surface area contributed by atoms with Gasteiger partial charge in [0, 0.05) is 18.0 Å². The van der Waals surface area contributed by atoms with E-state index in [1.54, 1.807) is 14.0 Å². The van der Waals surface area contributed by atoms with Crippen LogP contribution in [-0.2, 0) is 11.0 Å². The summed E-state index contributed by atoms with van der Waals surface area (Å²) in [5.41, 5.74) is 1.59. The fourth-order valence-corrected chi connectivity index (χ4v) is 5.01. The Labute approximate surface area is 186 Å². The molecule has 166 valence electrons. The molecule has 0 saturated carbocycles. The molecule has 0 saturated heterocycles. The Hall–Kier alpha value is -3.33. The number of hydrogen-bond donors (Lipinski definition) is 2. The maximum Gasteiger partial charge on any atom is 0.416 e. The van der Waals surface area contributed by atoms with Crippen molar-refractivity contribution in [3.63, 3.8) is 0 Å². The molecule has 2 aromatic carbocycles. The van der Waals surface area contributed by atoms with Crippen LogP contribution < -0.4 is 15.4 Å². The highest BCUT2D eigenvalue weighted by Crippen LogP contribution is 2.45. The monoisotopic (exact) mass is 460 g/mol. The van der Waals surface area contributed by atoms with Gasteiger partial charge >= 0.3 is 6.18 Å². The van der Waals surface area contributed by atoms with Crippen molar-refractivity contribution in [2.75, 3.05) is 17.7 Å². The van der Waals surface area contributed by atoms with Crippen LogP contribution in [0.5, 0.6) is 5.75 Å². The maximum atomic E-state index is 13.0. The van der Waals surface area contributed by atoms with Crippen LogP contribution in [0.25, 0.3) is 0 Å². The summed E-state index contributed by atoms with van der Waals surface area (Å²) in [6.45, 7) is 1.78. The second kappa shape index (κ2) is 8.31. The van der Waals surface area contributed by atoms with Gasteiger partial charge in [-0.3, -0.25) is 9.59 Å². The molecule has 4 rings (SSSR count). The van der Waals surface area contributed by atoms with Gasteiger partial charge in [-0.1, -0.05) is 18.2 Å². The average Bonchev–Trinajstić information content (AvgIpc) is 3.09. The molecule has 1 aliphatic rings. The molecule has 0 spiro atoms. The summed E-state index contributed by atoms with van der Waals surface area (Å²) < 4.78 is 44.2. The molecule has 32 heavy (non-hydrogen) atoms. The quantitative estimate of drug-likeness (QED) is 0.516. The average molecular weight is 460 g/mol. The summed E-state index contributed by atoms with van der Waals surface area (Å²) in [4.78, 5) is 25.6. The first kappa shape index (κ1) is 21.9. The van der Waals surface area contributed by atoms with Gasteiger partial charge in [-0.05, 0) is 53.9 Å². The number of ether oxygens (including phenoxy) is 1. The SMILES string of the molecule is COc1cccc([C@H]2CC(=O)Nc3sc(C(=O)Nc4cccc(C(F)(F)F)c4)c(C)c32)c1. The Bertz CT molecular complexity index is 1200. The predicted molar refractivity (Wildman–Crippen MR) is 117 cm³/mol. The number of thiophene rings is 1. The van der Waals surface area contributed by atoms with E-state index in [2.05, 4.69) is 10.6 Å². The third-order valence-electron chi connectivity index (χ3n) is 5.33. The molecule has 0 aliphatic carbocycles. The summed E-state index contributed by atoms with van der Waals surface area (Å²) in [5, 5.41) is 5.93. The first-order valence-electron chi connectivity index (χ1n) is 9.73. The number of fused-ring (bicyclic) bond motifs is 1. The minimum atomic E-state index is -4.51. The molecule has 2 heterocycles. The summed E-state index contributed by atoms with van der Waals surface area (Å²) in [7, 11) is 1.56. The van der Waals surface area contributed by atoms with Crippen molar-refractivity contribution in [1.82, 2.24) is 0 Å². The van der Waals surface area contributed by atoms with Crippen LogP contribution >= 0.6 is 11.3 Å². The standard InChI is InChI=1S/C23H19F3N2O3S/c1-12-19-17(13-5-3-8-16(9-13)31-2)11-18(29)28-22(19)32-20(12)21(30)27-15-7-4-6-14(10-15)23(24,25)26/h3-10,17H,11H2,1-2H3,(H,27,30)(H,28,29)/t17-/m1/s1. The highest BCUT2D eigenvalue weighted by molar-refractivity contribution is 7.18. The third kappa shape index (κ3) is 4.20. The number of hydrogen-bond acceptors (Lipinski definition) is 4. The Morgan fingerprint density at radius 3 is 2.66 bits per heavy atom. The second-order valence-corrected chi connectivity index (χ2v) is 8.43. The van der Waals surface area contributed by atoms with Gasteiger partial charge in [0.1, 0.15) is 5.75 Å². The number of carbonyl (C=O) groups is 2. The van der Waals surface area contributed by atoms with Crippen LogP contribution in [0.2, 0.25) is 0 Å². The van der Waals surface area contributed by atoms with E-state index in [0.717, 1.165) is 34.6 Å². The molecule has 1 aliphatic heterocycles. The number of amides is 2. The van der Waals surface area contributed by atoms with Crippen molar-refractivity contribution in [1.29, 1.82) is 0 Å². The number of benzene rings is 2. The van der Waals surface area contributed by atoms with E-state index in [1.807, 2.05) is 24.3 Å². The first-order valence-corrected chi connectivity index (χ1v) is 10.5. The molecular weight excluding hydrogens is 441 g/mol. The molecule has 0 bridgehead atoms. The van der Waals surface area contributed by atoms with E-state index in [-0.39, 0.29) is 23.9 Å². The summed E-state index contributed by atoms with van der Waals surface area (Å²) >= 11 is 1.11. The molecule has 0 radical (unpaired) electrons. The maximum absolute atomic E-state index is 13.0. The molecule has 2 amide bonds. The smallest absolute Gasteiger partial charge is 0.416 e. The zero-order valence-corrected chi connectivity index (χ0v) is 18.0. The highest BCUT2D eigenvalue weighted by atomic mass is 32.1. The van der Waals surface area contributed by atoms with Crippen LogP contribution in [0.3, 0.4) is 0 Å². The van der Waals surface area contributed by atoms with E-state index in [1.165, 1.54) is 12.1 Å². The number of alkyl halides is 3. The van der Waals surface area contributed by atoms with Crippen LogP contribution in [-0.4, -0.2) is 18.9 Å². The summed E-state index contributed by atoms with van der Waals surface area (Å²) in [6, 6.07) is 11.9. The summed E-state index contributed by atoms with van der Waals surface area (Å²) in [6.07, 6.45) is -4.29. The van der Waals surface area contributed by atoms with Gasteiger partial charge in [-0.15, -0.1) is 11.3 Å². The topological polar surface area (TPSA) is 67.4 Å². The molecule has 1 aromatic heterocycles. The number of nitrogens with one attached hydrogen (secondary N) is 2. The van der Waals surface area contributed by atoms with Gasteiger partial charge in [-0.2, -0.15) is 13.2 Å². The van der Waals surface area contributed by atoms with Gasteiger partial charge in [-0.25, -0.2) is 0 Å². The zero-order valence-electron chi connectivity index (χ0n) is 17.2. The number of methoxy groups -OCH3 is 1. The van der Waals surface area contributed by atoms with Crippen LogP contribution in [0.1, 0.15) is 44.3 Å². The Morgan fingerprint density at radius 2 is 1.94 bits per heavy atom. The molecule has 9 heteroatoms. The van der Waals surface area contributed by atoms with E-state index in [9.17, 15) is 22.8 Å². The first-order chi connectivity index (χ1) is 15.2. The zero-order chi connectivity index (χ0) is 23.0. The fourth-order valence-electron chi connectivity index (χ4n) is 3.82. The molecule has 3 aromatic rings. The minimum absolute atomic E-state index is 0.0454. The van der Waals surface area contributed by atoms with Gasteiger partial charge in [0.2, 0.25) is 5.91 Å². The van der Waals surface area contributed by atoms with Crippen molar-refractivity contribution in [2.45, 2.75) is 25.4 Å². The van der Waals surface area contributed by atoms with E-state index in [0.29, 0.717) is 21.2 Å². The highest BCUT2D eigenvalue weighted by Gasteiger charge is 2.33. The fraction of sp³-hybridized carbons (Fsp3) is 0.217. The molecule has 2 N–H and O–H groups in total. The lowest BCUT2D eigenvalue weighted by atomic mass is 9.85. The van der Waals surface area contributed by atoms with Crippen LogP contribution in [0.15, 0.2) is 48.5 Å². The predicted octanol–water partition coefficient (Wildman–Crippen LogP) is 5.81. The van der Waals surface area contributed by atoms with Crippen molar-refractivity contribution in [2.24, 2.45) is 0 Å². The Morgan fingerprint density at radius 1 is 1.19 bits per heavy atom. The number of anilines is 2. The molecule has 0 fully saturated rings. The number of halogens is 3. The van der Waals surface area contributed by atoms with Crippen molar-refractivity contribution < 1.29 is 27.5 Å². The van der Waals surface area contributed by atoms with E-state index >= 15 is 0 Å². The minimum Gasteiger partial charge on any atom is -0.497 e. The Kier molecular flexibility index (Phi) is 5.68. The lowest BCUT2D eigenvalue weighted by Gasteiger charge is -2.24. The van der Waals surface area contributed by atoms with E-state index < -0.39 is 17.6 Å².